The molecule has 0 saturated heterocycles. The van der Waals surface area contributed by atoms with E-state index in [0.29, 0.717) is 11.1 Å². The summed E-state index contributed by atoms with van der Waals surface area (Å²) in [6.07, 6.45) is -1.48. The van der Waals surface area contributed by atoms with Crippen molar-refractivity contribution >= 4 is 28.5 Å². The van der Waals surface area contributed by atoms with Crippen molar-refractivity contribution < 1.29 is 23.1 Å². The standard InChI is InChI=1S/C18H12F3NO2/c19-18(20,21)12-7-5-11(6-8-12)9-14(17(23)24)15-10-22-16-4-2-1-3-13(15)16/h1-10,22H,(H,23,24). The second kappa shape index (κ2) is 5.88. The number of H-pyrrole nitrogens is 1. The van der Waals surface area contributed by atoms with Gasteiger partial charge >= 0.3 is 12.1 Å². The minimum Gasteiger partial charge on any atom is -0.478 e. The van der Waals surface area contributed by atoms with Crippen molar-refractivity contribution in [2.75, 3.05) is 0 Å². The van der Waals surface area contributed by atoms with E-state index in [1.807, 2.05) is 12.1 Å². The first-order valence-electron chi connectivity index (χ1n) is 7.05. The van der Waals surface area contributed by atoms with Gasteiger partial charge in [0.15, 0.2) is 0 Å². The third-order valence-electron chi connectivity index (χ3n) is 3.66. The molecule has 0 saturated carbocycles. The molecule has 2 N–H and O–H groups in total. The van der Waals surface area contributed by atoms with Gasteiger partial charge in [-0.1, -0.05) is 30.3 Å². The van der Waals surface area contributed by atoms with E-state index in [2.05, 4.69) is 4.98 Å². The van der Waals surface area contributed by atoms with Crippen molar-refractivity contribution in [2.45, 2.75) is 6.18 Å². The van der Waals surface area contributed by atoms with Crippen molar-refractivity contribution in [2.24, 2.45) is 0 Å². The van der Waals surface area contributed by atoms with Gasteiger partial charge in [0.2, 0.25) is 0 Å². The summed E-state index contributed by atoms with van der Waals surface area (Å²) in [7, 11) is 0. The van der Waals surface area contributed by atoms with Crippen molar-refractivity contribution in [1.82, 2.24) is 4.98 Å². The summed E-state index contributed by atoms with van der Waals surface area (Å²) in [5, 5.41) is 10.2. The molecule has 3 aromatic rings. The number of para-hydroxylation sites is 1. The number of hydrogen-bond acceptors (Lipinski definition) is 1. The Morgan fingerprint density at radius 3 is 2.33 bits per heavy atom. The lowest BCUT2D eigenvalue weighted by molar-refractivity contribution is -0.137. The van der Waals surface area contributed by atoms with Crippen molar-refractivity contribution in [3.63, 3.8) is 0 Å². The van der Waals surface area contributed by atoms with E-state index in [-0.39, 0.29) is 5.57 Å². The maximum atomic E-state index is 12.6. The van der Waals surface area contributed by atoms with E-state index in [9.17, 15) is 23.1 Å². The fourth-order valence-corrected chi connectivity index (χ4v) is 2.48. The zero-order valence-corrected chi connectivity index (χ0v) is 12.3. The van der Waals surface area contributed by atoms with E-state index < -0.39 is 17.7 Å². The van der Waals surface area contributed by atoms with Gasteiger partial charge in [-0.3, -0.25) is 0 Å². The predicted molar refractivity (Wildman–Crippen MR) is 85.2 cm³/mol. The number of halogens is 3. The number of alkyl halides is 3. The fraction of sp³-hybridized carbons (Fsp3) is 0.0556. The highest BCUT2D eigenvalue weighted by Crippen LogP contribution is 2.30. The number of nitrogens with one attached hydrogen (secondary N) is 1. The molecule has 2 aromatic carbocycles. The minimum absolute atomic E-state index is 0.00667. The van der Waals surface area contributed by atoms with Crippen LogP contribution >= 0.6 is 0 Å². The topological polar surface area (TPSA) is 53.1 Å². The molecule has 1 heterocycles. The van der Waals surface area contributed by atoms with Gasteiger partial charge in [0.25, 0.3) is 0 Å². The van der Waals surface area contributed by atoms with Crippen LogP contribution in [0.25, 0.3) is 22.6 Å². The van der Waals surface area contributed by atoms with Gasteiger partial charge in [0.05, 0.1) is 11.1 Å². The second-order valence-corrected chi connectivity index (χ2v) is 5.23. The number of carbonyl (C=O) groups is 1. The summed E-state index contributed by atoms with van der Waals surface area (Å²) in [6, 6.07) is 11.6. The number of benzene rings is 2. The molecule has 0 spiro atoms. The molecular weight excluding hydrogens is 319 g/mol. The molecule has 0 fully saturated rings. The first-order chi connectivity index (χ1) is 11.4. The molecule has 0 aliphatic heterocycles. The van der Waals surface area contributed by atoms with Crippen LogP contribution in [0, 0.1) is 0 Å². The molecule has 0 atom stereocenters. The summed E-state index contributed by atoms with van der Waals surface area (Å²) in [4.78, 5) is 14.6. The fourth-order valence-electron chi connectivity index (χ4n) is 2.48. The lowest BCUT2D eigenvalue weighted by atomic mass is 10.0. The van der Waals surface area contributed by atoms with Gasteiger partial charge in [-0.25, -0.2) is 4.79 Å². The highest BCUT2D eigenvalue weighted by Gasteiger charge is 2.29. The maximum Gasteiger partial charge on any atom is 0.416 e. The molecular formula is C18H12F3NO2. The molecule has 0 bridgehead atoms. The van der Waals surface area contributed by atoms with E-state index in [1.54, 1.807) is 18.3 Å². The smallest absolute Gasteiger partial charge is 0.416 e. The van der Waals surface area contributed by atoms with Crippen molar-refractivity contribution in [3.05, 3.63) is 71.4 Å². The van der Waals surface area contributed by atoms with Gasteiger partial charge in [0, 0.05) is 22.7 Å². The van der Waals surface area contributed by atoms with E-state index in [1.165, 1.54) is 18.2 Å². The first kappa shape index (κ1) is 15.9. The summed E-state index contributed by atoms with van der Waals surface area (Å²) >= 11 is 0. The zero-order chi connectivity index (χ0) is 17.3. The van der Waals surface area contributed by atoms with Crippen molar-refractivity contribution in [1.29, 1.82) is 0 Å². The third kappa shape index (κ3) is 3.03. The molecule has 0 radical (unpaired) electrons. The summed E-state index contributed by atoms with van der Waals surface area (Å²) in [6.45, 7) is 0. The van der Waals surface area contributed by atoms with Crippen LogP contribution in [0.5, 0.6) is 0 Å². The van der Waals surface area contributed by atoms with Gasteiger partial charge in [0.1, 0.15) is 0 Å². The molecule has 6 heteroatoms. The lowest BCUT2D eigenvalue weighted by Gasteiger charge is -2.07. The molecule has 24 heavy (non-hydrogen) atoms. The molecule has 122 valence electrons. The van der Waals surface area contributed by atoms with Crippen LogP contribution in [0.15, 0.2) is 54.7 Å². The predicted octanol–water partition coefficient (Wildman–Crippen LogP) is 4.81. The van der Waals surface area contributed by atoms with Crippen LogP contribution in [0.3, 0.4) is 0 Å². The van der Waals surface area contributed by atoms with Crippen LogP contribution in [0.1, 0.15) is 16.7 Å². The highest BCUT2D eigenvalue weighted by atomic mass is 19.4. The number of aromatic nitrogens is 1. The van der Waals surface area contributed by atoms with Crippen LogP contribution in [0.2, 0.25) is 0 Å². The Kier molecular flexibility index (Phi) is 3.89. The monoisotopic (exact) mass is 331 g/mol. The minimum atomic E-state index is -4.42. The summed E-state index contributed by atoms with van der Waals surface area (Å²) < 4.78 is 37.8. The van der Waals surface area contributed by atoms with E-state index in [0.717, 1.165) is 23.0 Å². The molecule has 3 nitrogen and oxygen atoms in total. The number of carboxylic acids is 1. The number of aliphatic carboxylic acids is 1. The Balaban J connectivity index is 2.05. The summed E-state index contributed by atoms with van der Waals surface area (Å²) in [5.41, 5.74) is 0.881. The molecule has 0 amide bonds. The Hall–Kier alpha value is -3.02. The Morgan fingerprint density at radius 1 is 1.04 bits per heavy atom. The highest BCUT2D eigenvalue weighted by molar-refractivity contribution is 6.23. The molecule has 1 aromatic heterocycles. The number of rotatable bonds is 3. The Labute approximate surface area is 135 Å². The normalized spacial score (nSPS) is 12.5. The van der Waals surface area contributed by atoms with Crippen molar-refractivity contribution in [3.8, 4) is 0 Å². The third-order valence-corrected chi connectivity index (χ3v) is 3.66. The largest absolute Gasteiger partial charge is 0.478 e. The molecule has 0 unspecified atom stereocenters. The first-order valence-corrected chi connectivity index (χ1v) is 7.05. The molecule has 0 aliphatic carbocycles. The molecule has 3 rings (SSSR count). The second-order valence-electron chi connectivity index (χ2n) is 5.23. The number of carboxylic acid groups (broad SMARTS) is 1. The van der Waals surface area contributed by atoms with Gasteiger partial charge in [-0.15, -0.1) is 0 Å². The van der Waals surface area contributed by atoms with Gasteiger partial charge < -0.3 is 10.1 Å². The van der Waals surface area contributed by atoms with Crippen LogP contribution in [-0.2, 0) is 11.0 Å². The number of aromatic amines is 1. The van der Waals surface area contributed by atoms with Gasteiger partial charge in [-0.2, -0.15) is 13.2 Å². The number of fused-ring (bicyclic) bond motifs is 1. The van der Waals surface area contributed by atoms with Gasteiger partial charge in [-0.05, 0) is 29.8 Å². The van der Waals surface area contributed by atoms with Crippen LogP contribution < -0.4 is 0 Å². The lowest BCUT2D eigenvalue weighted by Crippen LogP contribution is -2.04. The van der Waals surface area contributed by atoms with E-state index >= 15 is 0 Å². The zero-order valence-electron chi connectivity index (χ0n) is 12.3. The van der Waals surface area contributed by atoms with Crippen LogP contribution in [-0.4, -0.2) is 16.1 Å². The molecule has 0 aliphatic rings. The Morgan fingerprint density at radius 2 is 1.71 bits per heavy atom. The number of hydrogen-bond donors (Lipinski definition) is 2. The van der Waals surface area contributed by atoms with E-state index in [4.69, 9.17) is 0 Å². The SMILES string of the molecule is O=C(O)C(=Cc1ccc(C(F)(F)F)cc1)c1c[nH]c2ccccc12. The summed E-state index contributed by atoms with van der Waals surface area (Å²) in [5.74, 6) is -1.15. The average Bonchev–Trinajstić information content (AvgIpc) is 2.96. The van der Waals surface area contributed by atoms with Crippen LogP contribution in [0.4, 0.5) is 13.2 Å². The maximum absolute atomic E-state index is 12.6. The average molecular weight is 331 g/mol. The quantitative estimate of drug-likeness (QED) is 0.677. The Bertz CT molecular complexity index is 921.